The minimum absolute atomic E-state index is 0.0712. The van der Waals surface area contributed by atoms with E-state index in [1.807, 2.05) is 11.8 Å². The monoisotopic (exact) mass is 235 g/mol. The van der Waals surface area contributed by atoms with Gasteiger partial charge in [-0.1, -0.05) is 0 Å². The lowest BCUT2D eigenvalue weighted by Crippen LogP contribution is -2.52. The number of carbonyl (C=O) groups excluding carboxylic acids is 1. The molecule has 1 amide bonds. The van der Waals surface area contributed by atoms with E-state index in [9.17, 15) is 4.79 Å². The molecule has 0 aromatic carbocycles. The third-order valence-electron chi connectivity index (χ3n) is 2.98. The first-order chi connectivity index (χ1) is 8.08. The SMILES string of the molecule is CC1CN(C)CCN1C(=O)c1cnc(N)cn1. The van der Waals surface area contributed by atoms with E-state index in [-0.39, 0.29) is 11.9 Å². The third kappa shape index (κ3) is 2.52. The summed E-state index contributed by atoms with van der Waals surface area (Å²) in [5.74, 6) is 0.256. The zero-order valence-electron chi connectivity index (χ0n) is 10.1. The van der Waals surface area contributed by atoms with Crippen molar-refractivity contribution in [3.05, 3.63) is 18.1 Å². The van der Waals surface area contributed by atoms with Crippen molar-refractivity contribution in [2.24, 2.45) is 0 Å². The predicted molar refractivity (Wildman–Crippen MR) is 64.4 cm³/mol. The molecule has 0 spiro atoms. The van der Waals surface area contributed by atoms with E-state index in [2.05, 4.69) is 21.9 Å². The molecule has 1 saturated heterocycles. The molecule has 92 valence electrons. The third-order valence-corrected chi connectivity index (χ3v) is 2.98. The Morgan fingerprint density at radius 1 is 1.41 bits per heavy atom. The zero-order valence-corrected chi connectivity index (χ0v) is 10.1. The van der Waals surface area contributed by atoms with E-state index in [4.69, 9.17) is 5.73 Å². The average Bonchev–Trinajstić information content (AvgIpc) is 2.29. The van der Waals surface area contributed by atoms with Crippen LogP contribution >= 0.6 is 0 Å². The minimum Gasteiger partial charge on any atom is -0.382 e. The van der Waals surface area contributed by atoms with Gasteiger partial charge < -0.3 is 15.5 Å². The molecule has 0 saturated carbocycles. The van der Waals surface area contributed by atoms with Gasteiger partial charge in [-0.3, -0.25) is 4.79 Å². The van der Waals surface area contributed by atoms with Crippen LogP contribution < -0.4 is 5.73 Å². The number of piperazine rings is 1. The van der Waals surface area contributed by atoms with Gasteiger partial charge in [-0.2, -0.15) is 0 Å². The van der Waals surface area contributed by atoms with Crippen molar-refractivity contribution in [1.82, 2.24) is 19.8 Å². The van der Waals surface area contributed by atoms with Crippen molar-refractivity contribution in [2.75, 3.05) is 32.4 Å². The molecule has 1 fully saturated rings. The molecule has 2 N–H and O–H groups in total. The van der Waals surface area contributed by atoms with Gasteiger partial charge in [0.25, 0.3) is 5.91 Å². The van der Waals surface area contributed by atoms with Crippen molar-refractivity contribution in [3.63, 3.8) is 0 Å². The fraction of sp³-hybridized carbons (Fsp3) is 0.545. The lowest BCUT2D eigenvalue weighted by Gasteiger charge is -2.37. The van der Waals surface area contributed by atoms with E-state index in [0.29, 0.717) is 11.5 Å². The van der Waals surface area contributed by atoms with Crippen LogP contribution in [0.1, 0.15) is 17.4 Å². The van der Waals surface area contributed by atoms with E-state index >= 15 is 0 Å². The Morgan fingerprint density at radius 2 is 2.18 bits per heavy atom. The highest BCUT2D eigenvalue weighted by atomic mass is 16.2. The quantitative estimate of drug-likeness (QED) is 0.731. The molecule has 2 heterocycles. The number of anilines is 1. The van der Waals surface area contributed by atoms with E-state index < -0.39 is 0 Å². The average molecular weight is 235 g/mol. The summed E-state index contributed by atoms with van der Waals surface area (Å²) in [5.41, 5.74) is 5.80. The Bertz CT molecular complexity index is 405. The van der Waals surface area contributed by atoms with Gasteiger partial charge in [0.2, 0.25) is 0 Å². The number of nitrogens with zero attached hydrogens (tertiary/aromatic N) is 4. The minimum atomic E-state index is -0.0712. The lowest BCUT2D eigenvalue weighted by atomic mass is 10.2. The summed E-state index contributed by atoms with van der Waals surface area (Å²) in [7, 11) is 2.06. The number of carbonyl (C=O) groups is 1. The molecular formula is C11H17N5O. The van der Waals surface area contributed by atoms with Crippen LogP contribution in [0.2, 0.25) is 0 Å². The van der Waals surface area contributed by atoms with Gasteiger partial charge in [-0.25, -0.2) is 9.97 Å². The van der Waals surface area contributed by atoms with Gasteiger partial charge in [0.05, 0.1) is 12.4 Å². The van der Waals surface area contributed by atoms with E-state index in [1.165, 1.54) is 12.4 Å². The fourth-order valence-electron chi connectivity index (χ4n) is 2.04. The van der Waals surface area contributed by atoms with Gasteiger partial charge in [0.1, 0.15) is 11.5 Å². The number of likely N-dealkylation sites (N-methyl/N-ethyl adjacent to an activating group) is 1. The zero-order chi connectivity index (χ0) is 12.4. The van der Waals surface area contributed by atoms with E-state index in [1.54, 1.807) is 0 Å². The van der Waals surface area contributed by atoms with Crippen molar-refractivity contribution >= 4 is 11.7 Å². The van der Waals surface area contributed by atoms with Crippen LogP contribution in [0.3, 0.4) is 0 Å². The molecule has 2 rings (SSSR count). The van der Waals surface area contributed by atoms with Gasteiger partial charge >= 0.3 is 0 Å². The second-order valence-corrected chi connectivity index (χ2v) is 4.44. The van der Waals surface area contributed by atoms with Crippen molar-refractivity contribution < 1.29 is 4.79 Å². The maximum absolute atomic E-state index is 12.2. The molecule has 0 radical (unpaired) electrons. The van der Waals surface area contributed by atoms with Gasteiger partial charge in [-0.05, 0) is 14.0 Å². The number of rotatable bonds is 1. The molecule has 1 aliphatic rings. The Hall–Kier alpha value is -1.69. The summed E-state index contributed by atoms with van der Waals surface area (Å²) >= 11 is 0. The summed E-state index contributed by atoms with van der Waals surface area (Å²) in [6.45, 7) is 4.54. The maximum Gasteiger partial charge on any atom is 0.274 e. The highest BCUT2D eigenvalue weighted by molar-refractivity contribution is 5.92. The number of hydrogen-bond donors (Lipinski definition) is 1. The molecule has 1 aliphatic heterocycles. The molecule has 0 aliphatic carbocycles. The van der Waals surface area contributed by atoms with Gasteiger partial charge in [-0.15, -0.1) is 0 Å². The Morgan fingerprint density at radius 3 is 2.76 bits per heavy atom. The van der Waals surface area contributed by atoms with Crippen molar-refractivity contribution in [1.29, 1.82) is 0 Å². The van der Waals surface area contributed by atoms with Crippen LogP contribution in [0.5, 0.6) is 0 Å². The van der Waals surface area contributed by atoms with Crippen LogP contribution in [0, 0.1) is 0 Å². The van der Waals surface area contributed by atoms with Crippen molar-refractivity contribution in [3.8, 4) is 0 Å². The lowest BCUT2D eigenvalue weighted by molar-refractivity contribution is 0.0527. The molecule has 1 aromatic rings. The number of nitrogen functional groups attached to an aromatic ring is 1. The molecule has 1 atom stereocenters. The molecule has 1 unspecified atom stereocenters. The van der Waals surface area contributed by atoms with Crippen LogP contribution in [0.4, 0.5) is 5.82 Å². The number of hydrogen-bond acceptors (Lipinski definition) is 5. The van der Waals surface area contributed by atoms with E-state index in [0.717, 1.165) is 19.6 Å². The van der Waals surface area contributed by atoms with Crippen LogP contribution in [-0.4, -0.2) is 58.4 Å². The smallest absolute Gasteiger partial charge is 0.274 e. The predicted octanol–water partition coefficient (Wildman–Crippen LogP) is -0.165. The first-order valence-electron chi connectivity index (χ1n) is 5.65. The maximum atomic E-state index is 12.2. The normalized spacial score (nSPS) is 21.5. The van der Waals surface area contributed by atoms with Gasteiger partial charge in [0.15, 0.2) is 0 Å². The summed E-state index contributed by atoms with van der Waals surface area (Å²) in [6.07, 6.45) is 2.84. The van der Waals surface area contributed by atoms with Gasteiger partial charge in [0, 0.05) is 25.7 Å². The molecule has 6 heteroatoms. The summed E-state index contributed by atoms with van der Waals surface area (Å²) in [6, 6.07) is 0.195. The molecule has 1 aromatic heterocycles. The molecule has 17 heavy (non-hydrogen) atoms. The highest BCUT2D eigenvalue weighted by Crippen LogP contribution is 2.11. The number of nitrogens with two attached hydrogens (primary N) is 1. The molecule has 6 nitrogen and oxygen atoms in total. The molecule has 0 bridgehead atoms. The van der Waals surface area contributed by atoms with Crippen LogP contribution in [0.25, 0.3) is 0 Å². The number of amides is 1. The first-order valence-corrected chi connectivity index (χ1v) is 5.65. The summed E-state index contributed by atoms with van der Waals surface area (Å²) in [4.78, 5) is 24.1. The standard InChI is InChI=1S/C11H17N5O/c1-8-7-15(2)3-4-16(8)11(17)9-5-14-10(12)6-13-9/h5-6,8H,3-4,7H2,1-2H3,(H2,12,14). The second kappa shape index (κ2) is 4.67. The van der Waals surface area contributed by atoms with Crippen LogP contribution in [-0.2, 0) is 0 Å². The fourth-order valence-corrected chi connectivity index (χ4v) is 2.04. The van der Waals surface area contributed by atoms with Crippen LogP contribution in [0.15, 0.2) is 12.4 Å². The number of aromatic nitrogens is 2. The molecular weight excluding hydrogens is 218 g/mol. The second-order valence-electron chi connectivity index (χ2n) is 4.44. The summed E-state index contributed by atoms with van der Waals surface area (Å²) < 4.78 is 0. The first kappa shape index (κ1) is 11.8. The van der Waals surface area contributed by atoms with Crippen molar-refractivity contribution in [2.45, 2.75) is 13.0 Å². The largest absolute Gasteiger partial charge is 0.382 e. The Balaban J connectivity index is 2.12. The highest BCUT2D eigenvalue weighted by Gasteiger charge is 2.27. The topological polar surface area (TPSA) is 75.3 Å². The Labute approximate surface area is 100 Å². The Kier molecular flexibility index (Phi) is 3.23. The summed E-state index contributed by atoms with van der Waals surface area (Å²) in [5, 5.41) is 0.